The second-order valence-corrected chi connectivity index (χ2v) is 5.86. The highest BCUT2D eigenvalue weighted by Crippen LogP contribution is 2.39. The van der Waals surface area contributed by atoms with Crippen LogP contribution in [-0.2, 0) is 19.3 Å². The van der Waals surface area contributed by atoms with E-state index in [2.05, 4.69) is 15.1 Å². The van der Waals surface area contributed by atoms with Crippen molar-refractivity contribution in [1.29, 1.82) is 0 Å². The summed E-state index contributed by atoms with van der Waals surface area (Å²) in [7, 11) is 0. The van der Waals surface area contributed by atoms with Crippen molar-refractivity contribution in [2.75, 3.05) is 4.90 Å². The number of benzene rings is 1. The maximum Gasteiger partial charge on any atom is 0.423 e. The van der Waals surface area contributed by atoms with Crippen LogP contribution in [0.5, 0.6) is 11.6 Å². The van der Waals surface area contributed by atoms with Gasteiger partial charge >= 0.3 is 6.18 Å². The van der Waals surface area contributed by atoms with Crippen molar-refractivity contribution >= 4 is 5.69 Å². The van der Waals surface area contributed by atoms with Gasteiger partial charge in [-0.2, -0.15) is 18.3 Å². The first-order valence-corrected chi connectivity index (χ1v) is 7.88. The molecule has 138 valence electrons. The molecule has 0 saturated carbocycles. The van der Waals surface area contributed by atoms with Gasteiger partial charge in [0.2, 0.25) is 5.88 Å². The molecule has 0 spiro atoms. The Bertz CT molecular complexity index is 1040. The summed E-state index contributed by atoms with van der Waals surface area (Å²) in [4.78, 5) is 21.0. The number of aromatic amines is 1. The topological polar surface area (TPSA) is 84.0 Å². The van der Waals surface area contributed by atoms with E-state index in [0.29, 0.717) is 11.6 Å². The van der Waals surface area contributed by atoms with Gasteiger partial charge in [0.15, 0.2) is 0 Å². The van der Waals surface area contributed by atoms with Crippen LogP contribution in [0.4, 0.5) is 18.9 Å². The first-order valence-electron chi connectivity index (χ1n) is 7.88. The molecule has 4 rings (SSSR count). The number of hydrogen-bond acceptors (Lipinski definition) is 6. The van der Waals surface area contributed by atoms with Gasteiger partial charge < -0.3 is 9.64 Å². The van der Waals surface area contributed by atoms with Gasteiger partial charge in [-0.15, -0.1) is 0 Å². The Morgan fingerprint density at radius 1 is 1.19 bits per heavy atom. The van der Waals surface area contributed by atoms with E-state index >= 15 is 0 Å². The molecule has 7 nitrogen and oxygen atoms in total. The van der Waals surface area contributed by atoms with Crippen LogP contribution in [0.1, 0.15) is 16.7 Å². The molecule has 0 bridgehead atoms. The zero-order valence-corrected chi connectivity index (χ0v) is 13.7. The lowest BCUT2D eigenvalue weighted by Gasteiger charge is -2.21. The van der Waals surface area contributed by atoms with Crippen molar-refractivity contribution in [1.82, 2.24) is 20.2 Å². The fourth-order valence-electron chi connectivity index (χ4n) is 3.01. The predicted octanol–water partition coefficient (Wildman–Crippen LogP) is 2.89. The maximum atomic E-state index is 13.3. The lowest BCUT2D eigenvalue weighted by molar-refractivity contribution is -0.138. The Labute approximate surface area is 150 Å². The van der Waals surface area contributed by atoms with Crippen LogP contribution in [0, 0.1) is 0 Å². The van der Waals surface area contributed by atoms with Crippen molar-refractivity contribution < 1.29 is 17.9 Å². The molecule has 1 aliphatic rings. The van der Waals surface area contributed by atoms with Crippen LogP contribution in [0.25, 0.3) is 0 Å². The van der Waals surface area contributed by atoms with Gasteiger partial charge in [-0.1, -0.05) is 12.1 Å². The molecule has 0 unspecified atom stereocenters. The molecular formula is C17H12F3N5O2. The third-order valence-electron chi connectivity index (χ3n) is 4.17. The molecule has 0 aliphatic carbocycles. The molecule has 1 aromatic carbocycles. The van der Waals surface area contributed by atoms with Crippen molar-refractivity contribution in [3.8, 4) is 11.6 Å². The number of anilines is 1. The smallest absolute Gasteiger partial charge is 0.423 e. The van der Waals surface area contributed by atoms with E-state index in [1.165, 1.54) is 17.4 Å². The van der Waals surface area contributed by atoms with E-state index in [4.69, 9.17) is 4.74 Å². The zero-order valence-electron chi connectivity index (χ0n) is 13.7. The van der Waals surface area contributed by atoms with Crippen LogP contribution in [0.15, 0.2) is 47.8 Å². The standard InChI is InChI=1S/C17H12F3N5O2/c18-17(19,20)15-12(6-23-24-16(15)26)25-7-10-2-1-3-13(11(10)8-25)27-14-4-5-21-9-22-14/h1-6,9H,7-8H2,(H,24,26). The van der Waals surface area contributed by atoms with E-state index in [1.807, 2.05) is 5.10 Å². The summed E-state index contributed by atoms with van der Waals surface area (Å²) in [5, 5.41) is 5.37. The van der Waals surface area contributed by atoms with Gasteiger partial charge in [0.25, 0.3) is 5.56 Å². The van der Waals surface area contributed by atoms with Gasteiger partial charge in [-0.25, -0.2) is 15.1 Å². The largest absolute Gasteiger partial charge is 0.439 e. The molecular weight excluding hydrogens is 363 g/mol. The highest BCUT2D eigenvalue weighted by molar-refractivity contribution is 5.58. The maximum absolute atomic E-state index is 13.3. The van der Waals surface area contributed by atoms with Crippen molar-refractivity contribution in [3.63, 3.8) is 0 Å². The van der Waals surface area contributed by atoms with E-state index in [1.54, 1.807) is 24.3 Å². The highest BCUT2D eigenvalue weighted by Gasteiger charge is 2.39. The molecule has 27 heavy (non-hydrogen) atoms. The van der Waals surface area contributed by atoms with Crippen molar-refractivity contribution in [2.45, 2.75) is 19.3 Å². The SMILES string of the molecule is O=c1[nH]ncc(N2Cc3cccc(Oc4ccncn4)c3C2)c1C(F)(F)F. The van der Waals surface area contributed by atoms with E-state index in [9.17, 15) is 18.0 Å². The number of aromatic nitrogens is 4. The minimum absolute atomic E-state index is 0.144. The second kappa shape index (κ2) is 6.38. The number of halogens is 3. The quantitative estimate of drug-likeness (QED) is 0.758. The Morgan fingerprint density at radius 2 is 2.04 bits per heavy atom. The van der Waals surface area contributed by atoms with E-state index in [0.717, 1.165) is 17.3 Å². The average Bonchev–Trinajstić information content (AvgIpc) is 3.06. The number of hydrogen-bond donors (Lipinski definition) is 1. The van der Waals surface area contributed by atoms with Gasteiger partial charge in [-0.3, -0.25) is 4.79 Å². The third-order valence-corrected chi connectivity index (χ3v) is 4.17. The van der Waals surface area contributed by atoms with Crippen LogP contribution < -0.4 is 15.2 Å². The number of nitrogens with zero attached hydrogens (tertiary/aromatic N) is 4. The predicted molar refractivity (Wildman–Crippen MR) is 88.3 cm³/mol. The molecule has 0 saturated heterocycles. The molecule has 2 aromatic heterocycles. The summed E-state index contributed by atoms with van der Waals surface area (Å²) in [6.45, 7) is 0.343. The minimum Gasteiger partial charge on any atom is -0.439 e. The van der Waals surface area contributed by atoms with Gasteiger partial charge in [0, 0.05) is 30.9 Å². The summed E-state index contributed by atoms with van der Waals surface area (Å²) < 4.78 is 45.8. The Balaban J connectivity index is 1.69. The number of alkyl halides is 3. The van der Waals surface area contributed by atoms with Crippen LogP contribution in [-0.4, -0.2) is 20.2 Å². The molecule has 0 fully saturated rings. The van der Waals surface area contributed by atoms with Crippen molar-refractivity contribution in [3.05, 3.63) is 70.0 Å². The molecule has 3 aromatic rings. The minimum atomic E-state index is -4.79. The van der Waals surface area contributed by atoms with Crippen LogP contribution in [0.2, 0.25) is 0 Å². The summed E-state index contributed by atoms with van der Waals surface area (Å²) in [5.74, 6) is 0.811. The summed E-state index contributed by atoms with van der Waals surface area (Å²) in [6, 6.07) is 6.84. The monoisotopic (exact) mass is 375 g/mol. The number of nitrogens with one attached hydrogen (secondary N) is 1. The highest BCUT2D eigenvalue weighted by atomic mass is 19.4. The number of rotatable bonds is 3. The Morgan fingerprint density at radius 3 is 2.78 bits per heavy atom. The summed E-state index contributed by atoms with van der Waals surface area (Å²) in [6.07, 6.45) is -0.917. The summed E-state index contributed by atoms with van der Waals surface area (Å²) >= 11 is 0. The molecule has 0 atom stereocenters. The first kappa shape index (κ1) is 17.0. The van der Waals surface area contributed by atoms with Gasteiger partial charge in [0.05, 0.1) is 11.9 Å². The molecule has 1 aliphatic heterocycles. The Hall–Kier alpha value is -3.43. The van der Waals surface area contributed by atoms with E-state index in [-0.39, 0.29) is 18.8 Å². The second-order valence-electron chi connectivity index (χ2n) is 5.86. The Kier molecular flexibility index (Phi) is 4.02. The third kappa shape index (κ3) is 3.21. The number of H-pyrrole nitrogens is 1. The molecule has 0 amide bonds. The van der Waals surface area contributed by atoms with Gasteiger partial charge in [-0.05, 0) is 11.6 Å². The van der Waals surface area contributed by atoms with Crippen molar-refractivity contribution in [2.24, 2.45) is 0 Å². The molecule has 10 heteroatoms. The molecule has 1 N–H and O–H groups in total. The fraction of sp³-hybridized carbons (Fsp3) is 0.176. The average molecular weight is 375 g/mol. The number of fused-ring (bicyclic) bond motifs is 1. The van der Waals surface area contributed by atoms with Crippen LogP contribution >= 0.6 is 0 Å². The number of ether oxygens (including phenoxy) is 1. The lowest BCUT2D eigenvalue weighted by Crippen LogP contribution is -2.28. The lowest BCUT2D eigenvalue weighted by atomic mass is 10.1. The molecule has 3 heterocycles. The van der Waals surface area contributed by atoms with Crippen LogP contribution in [0.3, 0.4) is 0 Å². The van der Waals surface area contributed by atoms with Gasteiger partial charge in [0.1, 0.15) is 17.6 Å². The fourth-order valence-corrected chi connectivity index (χ4v) is 3.01. The zero-order chi connectivity index (χ0) is 19.0. The summed E-state index contributed by atoms with van der Waals surface area (Å²) in [5.41, 5.74) is -1.27. The first-order chi connectivity index (χ1) is 12.9. The molecule has 0 radical (unpaired) electrons. The normalized spacial score (nSPS) is 13.5. The van der Waals surface area contributed by atoms with E-state index < -0.39 is 17.3 Å².